The first-order chi connectivity index (χ1) is 7.74. The molecule has 1 atom stereocenters. The van der Waals surface area contributed by atoms with Gasteiger partial charge in [0.2, 0.25) is 0 Å². The summed E-state index contributed by atoms with van der Waals surface area (Å²) in [5, 5.41) is 5.62. The predicted octanol–water partition coefficient (Wildman–Crippen LogP) is 2.36. The summed E-state index contributed by atoms with van der Waals surface area (Å²) in [6.07, 6.45) is 0.883. The highest BCUT2D eigenvalue weighted by molar-refractivity contribution is 9.10. The Kier molecular flexibility index (Phi) is 3.79. The second kappa shape index (κ2) is 5.32. The molecule has 0 spiro atoms. The number of urea groups is 1. The SMILES string of the molecule is O=C(Nc1ccc(Br)cc1)N[C@@H]1CCOC1. The number of benzene rings is 1. The minimum atomic E-state index is -0.183. The molecule has 1 aromatic rings. The summed E-state index contributed by atoms with van der Waals surface area (Å²) in [5.74, 6) is 0. The number of rotatable bonds is 2. The van der Waals surface area contributed by atoms with Gasteiger partial charge < -0.3 is 15.4 Å². The van der Waals surface area contributed by atoms with Crippen molar-refractivity contribution in [3.05, 3.63) is 28.7 Å². The Hall–Kier alpha value is -1.07. The summed E-state index contributed by atoms with van der Waals surface area (Å²) >= 11 is 3.34. The molecular weight excluding hydrogens is 272 g/mol. The van der Waals surface area contributed by atoms with Crippen LogP contribution in [0.1, 0.15) is 6.42 Å². The van der Waals surface area contributed by atoms with E-state index in [2.05, 4.69) is 26.6 Å². The van der Waals surface area contributed by atoms with Crippen molar-refractivity contribution < 1.29 is 9.53 Å². The molecule has 1 fully saturated rings. The normalized spacial score (nSPS) is 19.4. The van der Waals surface area contributed by atoms with Crippen LogP contribution in [0.2, 0.25) is 0 Å². The molecule has 5 heteroatoms. The van der Waals surface area contributed by atoms with Crippen LogP contribution in [0.5, 0.6) is 0 Å². The second-order valence-electron chi connectivity index (χ2n) is 3.67. The van der Waals surface area contributed by atoms with E-state index >= 15 is 0 Å². The number of carbonyl (C=O) groups excluding carboxylic acids is 1. The van der Waals surface area contributed by atoms with Gasteiger partial charge in [-0.05, 0) is 30.7 Å². The van der Waals surface area contributed by atoms with E-state index in [1.54, 1.807) is 0 Å². The fourth-order valence-electron chi connectivity index (χ4n) is 1.53. The van der Waals surface area contributed by atoms with Crippen LogP contribution in [0, 0.1) is 0 Å². The standard InChI is InChI=1S/C11H13BrN2O2/c12-8-1-3-9(4-2-8)13-11(15)14-10-5-6-16-7-10/h1-4,10H,5-7H2,(H2,13,14,15)/t10-/m1/s1. The molecule has 2 rings (SSSR count). The topological polar surface area (TPSA) is 50.4 Å². The van der Waals surface area contributed by atoms with Gasteiger partial charge in [-0.15, -0.1) is 0 Å². The highest BCUT2D eigenvalue weighted by atomic mass is 79.9. The molecule has 1 saturated heterocycles. The molecule has 86 valence electrons. The molecule has 1 aliphatic heterocycles. The summed E-state index contributed by atoms with van der Waals surface area (Å²) in [6, 6.07) is 7.40. The summed E-state index contributed by atoms with van der Waals surface area (Å²) in [6.45, 7) is 1.33. The Morgan fingerprint density at radius 2 is 2.12 bits per heavy atom. The van der Waals surface area contributed by atoms with Gasteiger partial charge in [-0.1, -0.05) is 15.9 Å². The van der Waals surface area contributed by atoms with E-state index in [0.717, 1.165) is 23.2 Å². The molecule has 0 bridgehead atoms. The third kappa shape index (κ3) is 3.21. The van der Waals surface area contributed by atoms with Gasteiger partial charge in [-0.3, -0.25) is 0 Å². The number of carbonyl (C=O) groups is 1. The number of amides is 2. The first-order valence-corrected chi connectivity index (χ1v) is 5.94. The van der Waals surface area contributed by atoms with Crippen LogP contribution in [0.3, 0.4) is 0 Å². The Morgan fingerprint density at radius 3 is 2.75 bits per heavy atom. The summed E-state index contributed by atoms with van der Waals surface area (Å²) < 4.78 is 6.16. The van der Waals surface area contributed by atoms with E-state index in [-0.39, 0.29) is 12.1 Å². The van der Waals surface area contributed by atoms with Crippen molar-refractivity contribution in [3.63, 3.8) is 0 Å². The van der Waals surface area contributed by atoms with Gasteiger partial charge in [-0.25, -0.2) is 4.79 Å². The van der Waals surface area contributed by atoms with Gasteiger partial charge in [-0.2, -0.15) is 0 Å². The lowest BCUT2D eigenvalue weighted by molar-refractivity contribution is 0.189. The van der Waals surface area contributed by atoms with Crippen LogP contribution in [-0.2, 0) is 4.74 Å². The summed E-state index contributed by atoms with van der Waals surface area (Å²) in [5.41, 5.74) is 0.777. The fraction of sp³-hybridized carbons (Fsp3) is 0.364. The lowest BCUT2D eigenvalue weighted by atomic mass is 10.3. The van der Waals surface area contributed by atoms with Crippen molar-refractivity contribution in [1.29, 1.82) is 0 Å². The average molecular weight is 285 g/mol. The first kappa shape index (κ1) is 11.4. The summed E-state index contributed by atoms with van der Waals surface area (Å²) in [7, 11) is 0. The zero-order valence-electron chi connectivity index (χ0n) is 8.70. The Morgan fingerprint density at radius 1 is 1.38 bits per heavy atom. The van der Waals surface area contributed by atoms with E-state index in [9.17, 15) is 4.79 Å². The number of halogens is 1. The van der Waals surface area contributed by atoms with Gasteiger partial charge in [0.1, 0.15) is 0 Å². The van der Waals surface area contributed by atoms with Crippen LogP contribution >= 0.6 is 15.9 Å². The van der Waals surface area contributed by atoms with Crippen molar-refractivity contribution in [2.75, 3.05) is 18.5 Å². The van der Waals surface area contributed by atoms with Crippen molar-refractivity contribution in [3.8, 4) is 0 Å². The highest BCUT2D eigenvalue weighted by Gasteiger charge is 2.17. The third-order valence-corrected chi connectivity index (χ3v) is 2.90. The molecule has 0 aliphatic carbocycles. The quantitative estimate of drug-likeness (QED) is 0.876. The molecule has 1 aromatic carbocycles. The van der Waals surface area contributed by atoms with E-state index in [1.807, 2.05) is 24.3 Å². The molecule has 0 unspecified atom stereocenters. The molecular formula is C11H13BrN2O2. The number of ether oxygens (including phenoxy) is 1. The van der Waals surface area contributed by atoms with Gasteiger partial charge in [0.25, 0.3) is 0 Å². The number of nitrogens with one attached hydrogen (secondary N) is 2. The maximum absolute atomic E-state index is 11.6. The van der Waals surface area contributed by atoms with Crippen LogP contribution in [0.25, 0.3) is 0 Å². The Balaban J connectivity index is 1.84. The van der Waals surface area contributed by atoms with Crippen LogP contribution in [-0.4, -0.2) is 25.3 Å². The average Bonchev–Trinajstić information content (AvgIpc) is 2.74. The summed E-state index contributed by atoms with van der Waals surface area (Å²) in [4.78, 5) is 11.6. The number of anilines is 1. The number of hydrogen-bond donors (Lipinski definition) is 2. The van der Waals surface area contributed by atoms with Crippen molar-refractivity contribution in [2.45, 2.75) is 12.5 Å². The van der Waals surface area contributed by atoms with Gasteiger partial charge in [0.15, 0.2) is 0 Å². The van der Waals surface area contributed by atoms with E-state index in [0.29, 0.717) is 6.61 Å². The minimum Gasteiger partial charge on any atom is -0.379 e. The molecule has 2 N–H and O–H groups in total. The van der Waals surface area contributed by atoms with E-state index in [4.69, 9.17) is 4.74 Å². The predicted molar refractivity (Wildman–Crippen MR) is 65.5 cm³/mol. The number of hydrogen-bond acceptors (Lipinski definition) is 2. The van der Waals surface area contributed by atoms with Crippen molar-refractivity contribution >= 4 is 27.6 Å². The first-order valence-electron chi connectivity index (χ1n) is 5.15. The molecule has 2 amide bonds. The van der Waals surface area contributed by atoms with Crippen LogP contribution in [0.4, 0.5) is 10.5 Å². The lowest BCUT2D eigenvalue weighted by Crippen LogP contribution is -2.38. The van der Waals surface area contributed by atoms with Gasteiger partial charge >= 0.3 is 6.03 Å². The maximum Gasteiger partial charge on any atom is 0.319 e. The largest absolute Gasteiger partial charge is 0.379 e. The monoisotopic (exact) mass is 284 g/mol. The minimum absolute atomic E-state index is 0.135. The van der Waals surface area contributed by atoms with Crippen molar-refractivity contribution in [1.82, 2.24) is 5.32 Å². The molecule has 16 heavy (non-hydrogen) atoms. The zero-order valence-corrected chi connectivity index (χ0v) is 10.3. The van der Waals surface area contributed by atoms with Gasteiger partial charge in [0.05, 0.1) is 12.6 Å². The molecule has 0 saturated carbocycles. The lowest BCUT2D eigenvalue weighted by Gasteiger charge is -2.11. The van der Waals surface area contributed by atoms with Gasteiger partial charge in [0, 0.05) is 16.8 Å². The van der Waals surface area contributed by atoms with Crippen LogP contribution in [0.15, 0.2) is 28.7 Å². The molecule has 1 aliphatic rings. The van der Waals surface area contributed by atoms with E-state index in [1.165, 1.54) is 0 Å². The van der Waals surface area contributed by atoms with E-state index < -0.39 is 0 Å². The zero-order chi connectivity index (χ0) is 11.4. The van der Waals surface area contributed by atoms with Crippen LogP contribution < -0.4 is 10.6 Å². The van der Waals surface area contributed by atoms with Crippen molar-refractivity contribution in [2.24, 2.45) is 0 Å². The molecule has 0 aromatic heterocycles. The Labute approximate surface area is 102 Å². The molecule has 0 radical (unpaired) electrons. The highest BCUT2D eigenvalue weighted by Crippen LogP contribution is 2.14. The fourth-order valence-corrected chi connectivity index (χ4v) is 1.80. The molecule has 4 nitrogen and oxygen atoms in total. The molecule has 1 heterocycles. The third-order valence-electron chi connectivity index (χ3n) is 2.37. The Bertz CT molecular complexity index is 361. The smallest absolute Gasteiger partial charge is 0.319 e. The maximum atomic E-state index is 11.6. The second-order valence-corrected chi connectivity index (χ2v) is 4.58.